The van der Waals surface area contributed by atoms with E-state index >= 15 is 0 Å². The van der Waals surface area contributed by atoms with Crippen LogP contribution in [0.3, 0.4) is 0 Å². The van der Waals surface area contributed by atoms with Gasteiger partial charge in [0.15, 0.2) is 0 Å². The molecule has 16 heavy (non-hydrogen) atoms. The highest BCUT2D eigenvalue weighted by Gasteiger charge is 2.19. The van der Waals surface area contributed by atoms with E-state index in [2.05, 4.69) is 15.6 Å². The molecule has 0 aliphatic heterocycles. The molecule has 2 rings (SSSR count). The number of hydrogen-bond donors (Lipinski definition) is 2. The van der Waals surface area contributed by atoms with E-state index in [-0.39, 0.29) is 6.03 Å². The maximum atomic E-state index is 11.4. The molecule has 0 unspecified atom stereocenters. The van der Waals surface area contributed by atoms with Gasteiger partial charge in [-0.1, -0.05) is 0 Å². The third-order valence-corrected chi connectivity index (χ3v) is 2.57. The fraction of sp³-hybridized carbons (Fsp3) is 0.364. The molecule has 2 N–H and O–H groups in total. The zero-order valence-corrected chi connectivity index (χ0v) is 8.73. The first-order valence-electron chi connectivity index (χ1n) is 5.21. The standard InChI is InChI=1S/C11H12N4O/c12-6-8-4-5-10(13-7-8)15-11(16)14-9-2-1-3-9/h4-5,7,9H,1-3H2,(H2,13,14,15,16). The molecule has 0 bridgehead atoms. The van der Waals surface area contributed by atoms with E-state index in [0.717, 1.165) is 12.8 Å². The number of nitrogens with zero attached hydrogens (tertiary/aromatic N) is 2. The summed E-state index contributed by atoms with van der Waals surface area (Å²) in [6.07, 6.45) is 4.71. The Morgan fingerprint density at radius 2 is 2.31 bits per heavy atom. The van der Waals surface area contributed by atoms with Crippen molar-refractivity contribution in [2.75, 3.05) is 5.32 Å². The fourth-order valence-electron chi connectivity index (χ4n) is 1.42. The van der Waals surface area contributed by atoms with Crippen LogP contribution >= 0.6 is 0 Å². The minimum atomic E-state index is -0.234. The fourth-order valence-corrected chi connectivity index (χ4v) is 1.42. The van der Waals surface area contributed by atoms with E-state index < -0.39 is 0 Å². The zero-order valence-electron chi connectivity index (χ0n) is 8.73. The van der Waals surface area contributed by atoms with Gasteiger partial charge in [0.2, 0.25) is 0 Å². The number of pyridine rings is 1. The van der Waals surface area contributed by atoms with Crippen LogP contribution in [0.5, 0.6) is 0 Å². The van der Waals surface area contributed by atoms with Crippen LogP contribution in [-0.4, -0.2) is 17.1 Å². The van der Waals surface area contributed by atoms with Gasteiger partial charge in [0.1, 0.15) is 11.9 Å². The van der Waals surface area contributed by atoms with Gasteiger partial charge in [0.05, 0.1) is 5.56 Å². The first-order valence-corrected chi connectivity index (χ1v) is 5.21. The summed E-state index contributed by atoms with van der Waals surface area (Å²) in [6, 6.07) is 5.26. The number of nitriles is 1. The van der Waals surface area contributed by atoms with Crippen LogP contribution in [0, 0.1) is 11.3 Å². The first kappa shape index (κ1) is 10.4. The molecule has 0 aromatic carbocycles. The Morgan fingerprint density at radius 1 is 1.50 bits per heavy atom. The Labute approximate surface area is 93.5 Å². The second kappa shape index (κ2) is 4.62. The van der Waals surface area contributed by atoms with E-state index in [9.17, 15) is 4.79 Å². The van der Waals surface area contributed by atoms with Gasteiger partial charge in [-0.2, -0.15) is 5.26 Å². The van der Waals surface area contributed by atoms with Gasteiger partial charge < -0.3 is 5.32 Å². The maximum absolute atomic E-state index is 11.4. The normalized spacial score (nSPS) is 14.7. The molecule has 1 aliphatic rings. The van der Waals surface area contributed by atoms with E-state index in [1.807, 2.05) is 6.07 Å². The number of amides is 2. The van der Waals surface area contributed by atoms with Gasteiger partial charge in [-0.25, -0.2) is 9.78 Å². The van der Waals surface area contributed by atoms with Gasteiger partial charge in [0.25, 0.3) is 0 Å². The molecular formula is C11H12N4O. The third-order valence-electron chi connectivity index (χ3n) is 2.57. The second-order valence-corrected chi connectivity index (χ2v) is 3.77. The van der Waals surface area contributed by atoms with Crippen molar-refractivity contribution in [3.8, 4) is 6.07 Å². The van der Waals surface area contributed by atoms with Crippen LogP contribution < -0.4 is 10.6 Å². The van der Waals surface area contributed by atoms with Gasteiger partial charge >= 0.3 is 6.03 Å². The van der Waals surface area contributed by atoms with Crippen LogP contribution in [0.2, 0.25) is 0 Å². The van der Waals surface area contributed by atoms with Gasteiger partial charge in [-0.3, -0.25) is 5.32 Å². The molecule has 0 spiro atoms. The molecule has 0 radical (unpaired) electrons. The summed E-state index contributed by atoms with van der Waals surface area (Å²) < 4.78 is 0. The molecule has 0 atom stereocenters. The Bertz CT molecular complexity index is 417. The highest BCUT2D eigenvalue weighted by molar-refractivity contribution is 5.88. The summed E-state index contributed by atoms with van der Waals surface area (Å²) in [7, 11) is 0. The lowest BCUT2D eigenvalue weighted by Gasteiger charge is -2.26. The highest BCUT2D eigenvalue weighted by atomic mass is 16.2. The number of hydrogen-bond acceptors (Lipinski definition) is 3. The van der Waals surface area contributed by atoms with Crippen LogP contribution in [0.4, 0.5) is 10.6 Å². The Balaban J connectivity index is 1.87. The van der Waals surface area contributed by atoms with Crippen molar-refractivity contribution < 1.29 is 4.79 Å². The molecule has 2 amide bonds. The molecule has 1 fully saturated rings. The van der Waals surface area contributed by atoms with E-state index in [1.54, 1.807) is 12.1 Å². The minimum Gasteiger partial charge on any atom is -0.335 e. The summed E-state index contributed by atoms with van der Waals surface area (Å²) in [6.45, 7) is 0. The van der Waals surface area contributed by atoms with Crippen molar-refractivity contribution in [1.82, 2.24) is 10.3 Å². The van der Waals surface area contributed by atoms with Crippen molar-refractivity contribution in [1.29, 1.82) is 5.26 Å². The largest absolute Gasteiger partial charge is 0.335 e. The SMILES string of the molecule is N#Cc1ccc(NC(=O)NC2CCC2)nc1. The Hall–Kier alpha value is -2.09. The Morgan fingerprint density at radius 3 is 2.81 bits per heavy atom. The zero-order chi connectivity index (χ0) is 11.4. The quantitative estimate of drug-likeness (QED) is 0.788. The smallest absolute Gasteiger partial charge is 0.320 e. The van der Waals surface area contributed by atoms with Crippen LogP contribution in [-0.2, 0) is 0 Å². The van der Waals surface area contributed by atoms with Crippen LogP contribution in [0.25, 0.3) is 0 Å². The number of anilines is 1. The maximum Gasteiger partial charge on any atom is 0.320 e. The average molecular weight is 216 g/mol. The summed E-state index contributed by atoms with van der Waals surface area (Å²) in [5.74, 6) is 0.454. The van der Waals surface area contributed by atoms with E-state index in [1.165, 1.54) is 12.6 Å². The second-order valence-electron chi connectivity index (χ2n) is 3.77. The molecular weight excluding hydrogens is 204 g/mol. The first-order chi connectivity index (χ1) is 7.78. The Kier molecular flexibility index (Phi) is 3.01. The monoisotopic (exact) mass is 216 g/mol. The molecule has 1 aromatic heterocycles. The molecule has 5 nitrogen and oxygen atoms in total. The van der Waals surface area contributed by atoms with Gasteiger partial charge in [-0.05, 0) is 31.4 Å². The molecule has 1 heterocycles. The van der Waals surface area contributed by atoms with Crippen LogP contribution in [0.15, 0.2) is 18.3 Å². The van der Waals surface area contributed by atoms with Crippen LogP contribution in [0.1, 0.15) is 24.8 Å². The molecule has 1 saturated carbocycles. The molecule has 5 heteroatoms. The molecule has 0 saturated heterocycles. The molecule has 82 valence electrons. The molecule has 1 aromatic rings. The lowest BCUT2D eigenvalue weighted by Crippen LogP contribution is -2.41. The summed E-state index contributed by atoms with van der Waals surface area (Å²) in [5.41, 5.74) is 0.477. The van der Waals surface area contributed by atoms with Crippen molar-refractivity contribution >= 4 is 11.8 Å². The minimum absolute atomic E-state index is 0.234. The van der Waals surface area contributed by atoms with Crippen molar-refractivity contribution in [3.63, 3.8) is 0 Å². The number of carbonyl (C=O) groups is 1. The number of urea groups is 1. The van der Waals surface area contributed by atoms with Crippen molar-refractivity contribution in [2.45, 2.75) is 25.3 Å². The molecule has 1 aliphatic carbocycles. The number of carbonyl (C=O) groups excluding carboxylic acids is 1. The summed E-state index contributed by atoms with van der Waals surface area (Å²) in [4.78, 5) is 15.4. The number of aromatic nitrogens is 1. The summed E-state index contributed by atoms with van der Waals surface area (Å²) >= 11 is 0. The third kappa shape index (κ3) is 2.48. The van der Waals surface area contributed by atoms with Crippen molar-refractivity contribution in [2.24, 2.45) is 0 Å². The van der Waals surface area contributed by atoms with Gasteiger partial charge in [-0.15, -0.1) is 0 Å². The van der Waals surface area contributed by atoms with Gasteiger partial charge in [0, 0.05) is 12.2 Å². The summed E-state index contributed by atoms with van der Waals surface area (Å²) in [5, 5.41) is 14.0. The highest BCUT2D eigenvalue weighted by Crippen LogP contribution is 2.17. The topological polar surface area (TPSA) is 77.8 Å². The average Bonchev–Trinajstić information content (AvgIpc) is 2.25. The predicted octanol–water partition coefficient (Wildman–Crippen LogP) is 1.63. The van der Waals surface area contributed by atoms with E-state index in [4.69, 9.17) is 5.26 Å². The number of rotatable bonds is 2. The predicted molar refractivity (Wildman–Crippen MR) is 58.7 cm³/mol. The lowest BCUT2D eigenvalue weighted by molar-refractivity contribution is 0.240. The lowest BCUT2D eigenvalue weighted by atomic mass is 9.93. The van der Waals surface area contributed by atoms with E-state index in [0.29, 0.717) is 17.4 Å². The van der Waals surface area contributed by atoms with Crippen molar-refractivity contribution in [3.05, 3.63) is 23.9 Å². The number of nitrogens with one attached hydrogen (secondary N) is 2.